The summed E-state index contributed by atoms with van der Waals surface area (Å²) in [6.45, 7) is 0.528. The highest BCUT2D eigenvalue weighted by molar-refractivity contribution is 6.01. The Bertz CT molecular complexity index is 877. The number of nitrogens with one attached hydrogen (secondary N) is 2. The van der Waals surface area contributed by atoms with E-state index >= 15 is 0 Å². The molecule has 2 aromatic carbocycles. The fraction of sp³-hybridized carbons (Fsp3) is 0.286. The lowest BCUT2D eigenvalue weighted by Crippen LogP contribution is -2.33. The molecule has 3 amide bonds. The SMILES string of the molecule is CN(C)c1ccc(NC(=O)CNC(=O)c2cccc(N3CCCC3=O)c2)cc1. The van der Waals surface area contributed by atoms with Gasteiger partial charge in [0.1, 0.15) is 0 Å². The van der Waals surface area contributed by atoms with E-state index in [1.54, 1.807) is 23.1 Å². The Morgan fingerprint density at radius 1 is 1.11 bits per heavy atom. The van der Waals surface area contributed by atoms with E-state index in [0.29, 0.717) is 29.9 Å². The second kappa shape index (κ2) is 8.56. The van der Waals surface area contributed by atoms with E-state index in [9.17, 15) is 14.4 Å². The van der Waals surface area contributed by atoms with E-state index in [4.69, 9.17) is 0 Å². The van der Waals surface area contributed by atoms with Crippen molar-refractivity contribution in [2.24, 2.45) is 0 Å². The fourth-order valence-electron chi connectivity index (χ4n) is 3.05. The van der Waals surface area contributed by atoms with Crippen LogP contribution in [-0.2, 0) is 9.59 Å². The molecule has 146 valence electrons. The van der Waals surface area contributed by atoms with Gasteiger partial charge in [0.15, 0.2) is 0 Å². The molecule has 2 N–H and O–H groups in total. The summed E-state index contributed by atoms with van der Waals surface area (Å²) in [5, 5.41) is 5.37. The summed E-state index contributed by atoms with van der Waals surface area (Å²) in [5.74, 6) is -0.597. The highest BCUT2D eigenvalue weighted by Crippen LogP contribution is 2.22. The van der Waals surface area contributed by atoms with Gasteiger partial charge >= 0.3 is 0 Å². The van der Waals surface area contributed by atoms with Crippen LogP contribution < -0.4 is 20.4 Å². The van der Waals surface area contributed by atoms with Crippen LogP contribution in [0.3, 0.4) is 0 Å². The molecule has 1 saturated heterocycles. The van der Waals surface area contributed by atoms with Gasteiger partial charge in [-0.25, -0.2) is 0 Å². The first-order valence-electron chi connectivity index (χ1n) is 9.20. The molecule has 2 aromatic rings. The van der Waals surface area contributed by atoms with E-state index in [0.717, 1.165) is 12.1 Å². The van der Waals surface area contributed by atoms with Gasteiger partial charge < -0.3 is 20.4 Å². The Hall–Kier alpha value is -3.35. The quantitative estimate of drug-likeness (QED) is 0.805. The maximum absolute atomic E-state index is 12.4. The Morgan fingerprint density at radius 2 is 1.86 bits per heavy atom. The Labute approximate surface area is 164 Å². The summed E-state index contributed by atoms with van der Waals surface area (Å²) in [7, 11) is 3.88. The van der Waals surface area contributed by atoms with E-state index in [1.165, 1.54) is 0 Å². The number of anilines is 3. The van der Waals surface area contributed by atoms with Crippen molar-refractivity contribution < 1.29 is 14.4 Å². The third-order valence-electron chi connectivity index (χ3n) is 4.57. The molecule has 0 bridgehead atoms. The molecule has 0 aliphatic carbocycles. The third kappa shape index (κ3) is 4.68. The minimum atomic E-state index is -0.355. The zero-order valence-corrected chi connectivity index (χ0v) is 16.1. The first kappa shape index (κ1) is 19.4. The molecule has 0 spiro atoms. The third-order valence-corrected chi connectivity index (χ3v) is 4.57. The van der Waals surface area contributed by atoms with E-state index < -0.39 is 0 Å². The lowest BCUT2D eigenvalue weighted by Gasteiger charge is -2.16. The molecule has 1 aliphatic rings. The highest BCUT2D eigenvalue weighted by Gasteiger charge is 2.22. The standard InChI is InChI=1S/C21H24N4O3/c1-24(2)17-10-8-16(9-11-17)23-19(26)14-22-21(28)15-5-3-6-18(13-15)25-12-4-7-20(25)27/h3,5-6,8-11,13H,4,7,12,14H2,1-2H3,(H,22,28)(H,23,26). The average Bonchev–Trinajstić information content (AvgIpc) is 3.12. The summed E-state index contributed by atoms with van der Waals surface area (Å²) >= 11 is 0. The van der Waals surface area contributed by atoms with Crippen LogP contribution in [-0.4, -0.2) is 44.9 Å². The largest absolute Gasteiger partial charge is 0.378 e. The van der Waals surface area contributed by atoms with Crippen molar-refractivity contribution in [3.8, 4) is 0 Å². The molecule has 7 nitrogen and oxygen atoms in total. The number of nitrogens with zero attached hydrogens (tertiary/aromatic N) is 2. The van der Waals surface area contributed by atoms with Crippen molar-refractivity contribution in [3.63, 3.8) is 0 Å². The summed E-state index contributed by atoms with van der Waals surface area (Å²) in [5.41, 5.74) is 2.82. The van der Waals surface area contributed by atoms with Crippen LogP contribution in [0.25, 0.3) is 0 Å². The summed E-state index contributed by atoms with van der Waals surface area (Å²) in [4.78, 5) is 40.0. The second-order valence-corrected chi connectivity index (χ2v) is 6.87. The summed E-state index contributed by atoms with van der Waals surface area (Å²) in [6.07, 6.45) is 1.36. The van der Waals surface area contributed by atoms with Gasteiger partial charge in [-0.3, -0.25) is 14.4 Å². The van der Waals surface area contributed by atoms with E-state index in [-0.39, 0.29) is 24.3 Å². The number of amides is 3. The van der Waals surface area contributed by atoms with Crippen LogP contribution in [0.4, 0.5) is 17.1 Å². The normalized spacial score (nSPS) is 13.4. The number of carbonyl (C=O) groups is 3. The summed E-state index contributed by atoms with van der Waals surface area (Å²) in [6, 6.07) is 14.3. The van der Waals surface area contributed by atoms with Crippen LogP contribution in [0.1, 0.15) is 23.2 Å². The zero-order chi connectivity index (χ0) is 20.1. The maximum Gasteiger partial charge on any atom is 0.251 e. The monoisotopic (exact) mass is 380 g/mol. The molecular weight excluding hydrogens is 356 g/mol. The van der Waals surface area contributed by atoms with Crippen molar-refractivity contribution in [1.29, 1.82) is 0 Å². The van der Waals surface area contributed by atoms with Crippen LogP contribution in [0, 0.1) is 0 Å². The molecule has 7 heteroatoms. The lowest BCUT2D eigenvalue weighted by molar-refractivity contribution is -0.117. The van der Waals surface area contributed by atoms with Gasteiger partial charge in [0.25, 0.3) is 5.91 Å². The molecule has 28 heavy (non-hydrogen) atoms. The second-order valence-electron chi connectivity index (χ2n) is 6.87. The topological polar surface area (TPSA) is 81.8 Å². The molecule has 0 saturated carbocycles. The van der Waals surface area contributed by atoms with E-state index in [2.05, 4.69) is 10.6 Å². The van der Waals surface area contributed by atoms with Crippen molar-refractivity contribution in [1.82, 2.24) is 5.32 Å². The van der Waals surface area contributed by atoms with Gasteiger partial charge in [0, 0.05) is 49.7 Å². The molecule has 1 aliphatic heterocycles. The molecule has 1 fully saturated rings. The smallest absolute Gasteiger partial charge is 0.251 e. The Morgan fingerprint density at radius 3 is 2.50 bits per heavy atom. The predicted molar refractivity (Wildman–Crippen MR) is 110 cm³/mol. The number of hydrogen-bond donors (Lipinski definition) is 2. The molecule has 1 heterocycles. The molecule has 0 atom stereocenters. The van der Waals surface area contributed by atoms with Gasteiger partial charge in [-0.2, -0.15) is 0 Å². The Kier molecular flexibility index (Phi) is 5.93. The van der Waals surface area contributed by atoms with Gasteiger partial charge in [-0.05, 0) is 48.9 Å². The first-order chi connectivity index (χ1) is 13.4. The number of carbonyl (C=O) groups excluding carboxylic acids is 3. The first-order valence-corrected chi connectivity index (χ1v) is 9.20. The summed E-state index contributed by atoms with van der Waals surface area (Å²) < 4.78 is 0. The molecule has 3 rings (SSSR count). The van der Waals surface area contributed by atoms with Gasteiger partial charge in [-0.15, -0.1) is 0 Å². The van der Waals surface area contributed by atoms with Gasteiger partial charge in [0.05, 0.1) is 6.54 Å². The fourth-order valence-corrected chi connectivity index (χ4v) is 3.05. The van der Waals surface area contributed by atoms with Gasteiger partial charge in [0.2, 0.25) is 11.8 Å². The molecule has 0 unspecified atom stereocenters. The zero-order valence-electron chi connectivity index (χ0n) is 16.1. The maximum atomic E-state index is 12.4. The van der Waals surface area contributed by atoms with Crippen molar-refractivity contribution in [2.45, 2.75) is 12.8 Å². The number of rotatable bonds is 6. The Balaban J connectivity index is 1.55. The van der Waals surface area contributed by atoms with Crippen LogP contribution in [0.15, 0.2) is 48.5 Å². The predicted octanol–water partition coefficient (Wildman–Crippen LogP) is 2.25. The van der Waals surface area contributed by atoms with Crippen LogP contribution in [0.5, 0.6) is 0 Å². The minimum absolute atomic E-state index is 0.0669. The number of hydrogen-bond acceptors (Lipinski definition) is 4. The molecule has 0 radical (unpaired) electrons. The van der Waals surface area contributed by atoms with Crippen molar-refractivity contribution in [3.05, 3.63) is 54.1 Å². The molecular formula is C21H24N4O3. The molecule has 0 aromatic heterocycles. The van der Waals surface area contributed by atoms with Gasteiger partial charge in [-0.1, -0.05) is 6.07 Å². The number of benzene rings is 2. The minimum Gasteiger partial charge on any atom is -0.378 e. The van der Waals surface area contributed by atoms with E-state index in [1.807, 2.05) is 49.3 Å². The van der Waals surface area contributed by atoms with Crippen LogP contribution in [0.2, 0.25) is 0 Å². The highest BCUT2D eigenvalue weighted by atomic mass is 16.2. The average molecular weight is 380 g/mol. The van der Waals surface area contributed by atoms with Crippen LogP contribution >= 0.6 is 0 Å². The van der Waals surface area contributed by atoms with Crippen molar-refractivity contribution in [2.75, 3.05) is 42.3 Å². The lowest BCUT2D eigenvalue weighted by atomic mass is 10.1. The van der Waals surface area contributed by atoms with Crippen molar-refractivity contribution >= 4 is 34.8 Å².